The molecule has 1 fully saturated rings. The molecule has 94 valence electrons. The third-order valence-electron chi connectivity index (χ3n) is 3.43. The number of hydrogen-bond acceptors (Lipinski definition) is 2. The number of rotatable bonds is 4. The van der Waals surface area contributed by atoms with Gasteiger partial charge >= 0.3 is 0 Å². The summed E-state index contributed by atoms with van der Waals surface area (Å²) in [5, 5.41) is 0.502. The Labute approximate surface area is 107 Å². The van der Waals surface area contributed by atoms with Gasteiger partial charge in [0.05, 0.1) is 0 Å². The molecule has 1 aromatic carbocycles. The minimum absolute atomic E-state index is 0.201. The Kier molecular flexibility index (Phi) is 4.37. The van der Waals surface area contributed by atoms with Crippen molar-refractivity contribution >= 4 is 11.6 Å². The first kappa shape index (κ1) is 12.8. The molecule has 17 heavy (non-hydrogen) atoms. The average molecular weight is 257 g/mol. The van der Waals surface area contributed by atoms with Crippen LogP contribution in [0.15, 0.2) is 18.2 Å². The summed E-state index contributed by atoms with van der Waals surface area (Å²) in [5.41, 5.74) is 6.39. The summed E-state index contributed by atoms with van der Waals surface area (Å²) in [5.74, 6) is -0.227. The number of nitrogens with two attached hydrogens (primary N) is 1. The second-order valence-electron chi connectivity index (χ2n) is 4.54. The lowest BCUT2D eigenvalue weighted by molar-refractivity contribution is 0.245. The van der Waals surface area contributed by atoms with Crippen LogP contribution in [0.4, 0.5) is 4.39 Å². The zero-order valence-corrected chi connectivity index (χ0v) is 10.6. The molecule has 1 atom stereocenters. The second-order valence-corrected chi connectivity index (χ2v) is 4.94. The average Bonchev–Trinajstić information content (AvgIpc) is 2.82. The summed E-state index contributed by atoms with van der Waals surface area (Å²) in [6.45, 7) is 2.67. The highest BCUT2D eigenvalue weighted by atomic mass is 35.5. The van der Waals surface area contributed by atoms with Crippen molar-refractivity contribution in [3.63, 3.8) is 0 Å². The molecule has 0 amide bonds. The van der Waals surface area contributed by atoms with Crippen molar-refractivity contribution in [1.29, 1.82) is 0 Å². The highest BCUT2D eigenvalue weighted by Crippen LogP contribution is 2.23. The molecule has 0 aromatic heterocycles. The molecule has 1 heterocycles. The van der Waals surface area contributed by atoms with Gasteiger partial charge in [0.25, 0.3) is 0 Å². The van der Waals surface area contributed by atoms with Crippen LogP contribution in [-0.4, -0.2) is 30.6 Å². The zero-order chi connectivity index (χ0) is 12.3. The van der Waals surface area contributed by atoms with E-state index in [2.05, 4.69) is 4.90 Å². The smallest absolute Gasteiger partial charge is 0.127 e. The van der Waals surface area contributed by atoms with Crippen LogP contribution in [0.25, 0.3) is 0 Å². The fourth-order valence-corrected chi connectivity index (χ4v) is 2.67. The van der Waals surface area contributed by atoms with Crippen LogP contribution in [0.5, 0.6) is 0 Å². The first-order valence-corrected chi connectivity index (χ1v) is 6.47. The summed E-state index contributed by atoms with van der Waals surface area (Å²) >= 11 is 6.04. The van der Waals surface area contributed by atoms with E-state index in [1.165, 1.54) is 18.9 Å². The SMILES string of the molecule is NCC(Cc1c(F)cccc1Cl)N1CCCC1. The number of nitrogens with zero attached hydrogens (tertiary/aromatic N) is 1. The van der Waals surface area contributed by atoms with Crippen molar-refractivity contribution < 1.29 is 4.39 Å². The lowest BCUT2D eigenvalue weighted by atomic mass is 10.0. The molecule has 2 rings (SSSR count). The largest absolute Gasteiger partial charge is 0.329 e. The van der Waals surface area contributed by atoms with Crippen LogP contribution in [-0.2, 0) is 6.42 Å². The Morgan fingerprint density at radius 2 is 2.06 bits per heavy atom. The van der Waals surface area contributed by atoms with Gasteiger partial charge in [0.15, 0.2) is 0 Å². The van der Waals surface area contributed by atoms with Crippen LogP contribution in [0, 0.1) is 5.82 Å². The molecular weight excluding hydrogens is 239 g/mol. The maximum atomic E-state index is 13.7. The predicted molar refractivity (Wildman–Crippen MR) is 68.8 cm³/mol. The van der Waals surface area contributed by atoms with Crippen molar-refractivity contribution in [3.05, 3.63) is 34.6 Å². The Morgan fingerprint density at radius 3 is 2.65 bits per heavy atom. The Hall–Kier alpha value is -0.640. The fourth-order valence-electron chi connectivity index (χ4n) is 2.43. The molecule has 1 aliphatic heterocycles. The topological polar surface area (TPSA) is 29.3 Å². The van der Waals surface area contributed by atoms with Gasteiger partial charge in [-0.15, -0.1) is 0 Å². The van der Waals surface area contributed by atoms with E-state index >= 15 is 0 Å². The zero-order valence-electron chi connectivity index (χ0n) is 9.83. The van der Waals surface area contributed by atoms with Gasteiger partial charge < -0.3 is 5.73 Å². The van der Waals surface area contributed by atoms with Crippen LogP contribution in [0.1, 0.15) is 18.4 Å². The van der Waals surface area contributed by atoms with Crippen molar-refractivity contribution in [1.82, 2.24) is 4.90 Å². The van der Waals surface area contributed by atoms with Crippen LogP contribution in [0.2, 0.25) is 5.02 Å². The minimum atomic E-state index is -0.227. The molecule has 0 aliphatic carbocycles. The maximum Gasteiger partial charge on any atom is 0.127 e. The molecule has 1 aliphatic rings. The van der Waals surface area contributed by atoms with Gasteiger partial charge in [0.2, 0.25) is 0 Å². The summed E-state index contributed by atoms with van der Waals surface area (Å²) in [4.78, 5) is 2.34. The van der Waals surface area contributed by atoms with E-state index < -0.39 is 0 Å². The third kappa shape index (κ3) is 2.97. The molecule has 0 bridgehead atoms. The number of hydrogen-bond donors (Lipinski definition) is 1. The van der Waals surface area contributed by atoms with E-state index in [1.54, 1.807) is 12.1 Å². The number of benzene rings is 1. The van der Waals surface area contributed by atoms with Gasteiger partial charge in [0.1, 0.15) is 5.82 Å². The van der Waals surface area contributed by atoms with Crippen molar-refractivity contribution in [2.24, 2.45) is 5.73 Å². The van der Waals surface area contributed by atoms with E-state index in [0.29, 0.717) is 23.6 Å². The Bertz CT molecular complexity index is 357. The van der Waals surface area contributed by atoms with Crippen molar-refractivity contribution in [3.8, 4) is 0 Å². The van der Waals surface area contributed by atoms with Gasteiger partial charge in [-0.05, 0) is 44.5 Å². The van der Waals surface area contributed by atoms with Crippen LogP contribution in [0.3, 0.4) is 0 Å². The summed E-state index contributed by atoms with van der Waals surface area (Å²) in [6.07, 6.45) is 3.02. The van der Waals surface area contributed by atoms with E-state index in [1.807, 2.05) is 0 Å². The lowest BCUT2D eigenvalue weighted by Gasteiger charge is -2.26. The minimum Gasteiger partial charge on any atom is -0.329 e. The van der Waals surface area contributed by atoms with Crippen LogP contribution >= 0.6 is 11.6 Å². The van der Waals surface area contributed by atoms with Crippen LogP contribution < -0.4 is 5.73 Å². The summed E-state index contributed by atoms with van der Waals surface area (Å²) in [6, 6.07) is 5.03. The lowest BCUT2D eigenvalue weighted by Crippen LogP contribution is -2.40. The number of halogens is 2. The normalized spacial score (nSPS) is 18.5. The molecule has 0 saturated carbocycles. The first-order chi connectivity index (χ1) is 8.22. The molecule has 0 spiro atoms. The molecule has 2 nitrogen and oxygen atoms in total. The molecule has 1 aromatic rings. The van der Waals surface area contributed by atoms with Gasteiger partial charge in [-0.2, -0.15) is 0 Å². The Balaban J connectivity index is 2.12. The van der Waals surface area contributed by atoms with Gasteiger partial charge in [-0.25, -0.2) is 4.39 Å². The highest BCUT2D eigenvalue weighted by Gasteiger charge is 2.22. The van der Waals surface area contributed by atoms with Gasteiger partial charge in [-0.1, -0.05) is 17.7 Å². The molecule has 1 unspecified atom stereocenters. The van der Waals surface area contributed by atoms with E-state index in [-0.39, 0.29) is 11.9 Å². The first-order valence-electron chi connectivity index (χ1n) is 6.09. The molecule has 2 N–H and O–H groups in total. The molecule has 4 heteroatoms. The van der Waals surface area contributed by atoms with E-state index in [9.17, 15) is 4.39 Å². The van der Waals surface area contributed by atoms with Crippen molar-refractivity contribution in [2.75, 3.05) is 19.6 Å². The second kappa shape index (κ2) is 5.80. The molecule has 1 saturated heterocycles. The third-order valence-corrected chi connectivity index (χ3v) is 3.78. The summed E-state index contributed by atoms with van der Waals surface area (Å²) < 4.78 is 13.7. The summed E-state index contributed by atoms with van der Waals surface area (Å²) in [7, 11) is 0. The Morgan fingerprint density at radius 1 is 1.35 bits per heavy atom. The van der Waals surface area contributed by atoms with E-state index in [0.717, 1.165) is 13.1 Å². The predicted octanol–water partition coefficient (Wildman–Crippen LogP) is 2.44. The van der Waals surface area contributed by atoms with E-state index in [4.69, 9.17) is 17.3 Å². The standard InChI is InChI=1S/C13H18ClFN2/c14-12-4-3-5-13(15)11(12)8-10(9-16)17-6-1-2-7-17/h3-5,10H,1-2,6-9,16H2. The molecular formula is C13H18ClFN2. The molecule has 0 radical (unpaired) electrons. The van der Waals surface area contributed by atoms with Crippen molar-refractivity contribution in [2.45, 2.75) is 25.3 Å². The number of likely N-dealkylation sites (tertiary alicyclic amines) is 1. The maximum absolute atomic E-state index is 13.7. The quantitative estimate of drug-likeness (QED) is 0.897. The fraction of sp³-hybridized carbons (Fsp3) is 0.538. The van der Waals surface area contributed by atoms with Gasteiger partial charge in [0, 0.05) is 23.2 Å². The highest BCUT2D eigenvalue weighted by molar-refractivity contribution is 6.31. The van der Waals surface area contributed by atoms with Gasteiger partial charge in [-0.3, -0.25) is 4.90 Å². The monoisotopic (exact) mass is 256 g/mol.